The molecule has 0 saturated carbocycles. The van der Waals surface area contributed by atoms with Crippen LogP contribution in [-0.2, 0) is 0 Å². The van der Waals surface area contributed by atoms with E-state index in [0.717, 1.165) is 0 Å². The highest BCUT2D eigenvalue weighted by atomic mass is 35.5. The van der Waals surface area contributed by atoms with Crippen LogP contribution in [0.3, 0.4) is 0 Å². The number of rotatable bonds is 1. The fourth-order valence-electron chi connectivity index (χ4n) is 0.107. The van der Waals surface area contributed by atoms with E-state index >= 15 is 0 Å². The second-order valence-electron chi connectivity index (χ2n) is 1.07. The number of allylic oxidation sites excluding steroid dienone is 1. The van der Waals surface area contributed by atoms with Crippen molar-refractivity contribution in [1.82, 2.24) is 0 Å². The molecule has 0 atom stereocenters. The van der Waals surface area contributed by atoms with E-state index in [-0.39, 0.29) is 0 Å². The van der Waals surface area contributed by atoms with E-state index in [1.54, 1.807) is 0 Å². The summed E-state index contributed by atoms with van der Waals surface area (Å²) in [6.45, 7) is 0. The van der Waals surface area contributed by atoms with Crippen molar-refractivity contribution in [3.63, 3.8) is 0 Å². The normalized spacial score (nSPS) is 11.3. The van der Waals surface area contributed by atoms with E-state index < -0.39 is 15.7 Å². The molecule has 0 aliphatic heterocycles. The first kappa shape index (κ1) is 9.40. The number of halogens is 6. The zero-order valence-electron chi connectivity index (χ0n) is 3.77. The van der Waals surface area contributed by atoms with Gasteiger partial charge in [-0.15, -0.1) is 0 Å². The van der Waals surface area contributed by atoms with Gasteiger partial charge in [0.25, 0.3) is 0 Å². The lowest BCUT2D eigenvalue weighted by atomic mass is 10.6. The van der Waals surface area contributed by atoms with Gasteiger partial charge in [0, 0.05) is 0 Å². The highest BCUT2D eigenvalue weighted by molar-refractivity contribution is 6.56. The maximum Gasteiger partial charge on any atom is 0.376 e. The molecule has 0 spiro atoms. The van der Waals surface area contributed by atoms with E-state index in [2.05, 4.69) is 34.8 Å². The molecule has 0 amide bonds. The molecule has 0 bridgehead atoms. The molecule has 0 aliphatic rings. The van der Waals surface area contributed by atoms with Gasteiger partial charge in [-0.3, -0.25) is 0 Å². The van der Waals surface area contributed by atoms with Crippen LogP contribution < -0.4 is 0 Å². The van der Waals surface area contributed by atoms with Gasteiger partial charge >= 0.3 is 5.38 Å². The Kier molecular flexibility index (Phi) is 3.12. The Morgan fingerprint density at radius 3 is 1.56 bits per heavy atom. The minimum atomic E-state index is -4.10. The molecule has 0 aromatic carbocycles. The lowest BCUT2D eigenvalue weighted by molar-refractivity contribution is 0.110. The van der Waals surface area contributed by atoms with Crippen LogP contribution in [0.2, 0.25) is 0 Å². The third-order valence-electron chi connectivity index (χ3n) is 0.415. The molecule has 0 nitrogen and oxygen atoms in total. The summed E-state index contributed by atoms with van der Waals surface area (Å²) in [5.41, 5.74) is 0. The molecule has 0 N–H and O–H groups in total. The third kappa shape index (κ3) is 3.18. The topological polar surface area (TPSA) is 0 Å². The van der Waals surface area contributed by atoms with Crippen molar-refractivity contribution in [1.29, 1.82) is 0 Å². The summed E-state index contributed by atoms with van der Waals surface area (Å²) in [6.07, 6.45) is 0. The van der Waals surface area contributed by atoms with Gasteiger partial charge in [-0.2, -0.15) is 8.78 Å². The predicted octanol–water partition coefficient (Wildman–Crippen LogP) is 3.43. The van der Waals surface area contributed by atoms with E-state index in [0.29, 0.717) is 0 Å². The molecule has 0 heterocycles. The largest absolute Gasteiger partial charge is 0.376 e. The van der Waals surface area contributed by atoms with Gasteiger partial charge in [-0.25, -0.2) is 4.39 Å². The van der Waals surface area contributed by atoms with Crippen LogP contribution in [0.25, 0.3) is 0 Å². The van der Waals surface area contributed by atoms with Crippen molar-refractivity contribution in [3.05, 3.63) is 10.3 Å². The van der Waals surface area contributed by atoms with Gasteiger partial charge in [0.05, 0.1) is 0 Å². The average Bonchev–Trinajstić information content (AvgIpc) is 1.62. The Morgan fingerprint density at radius 2 is 1.56 bits per heavy atom. The Bertz CT molecular complexity index is 132. The molecule has 0 aromatic rings. The van der Waals surface area contributed by atoms with Crippen LogP contribution in [0.5, 0.6) is 0 Å². The Morgan fingerprint density at radius 1 is 1.22 bits per heavy atom. The molecule has 0 saturated heterocycles. The smallest absolute Gasteiger partial charge is 0.201 e. The summed E-state index contributed by atoms with van der Waals surface area (Å²) >= 11 is 13.4. The zero-order chi connectivity index (χ0) is 7.65. The molecule has 0 radical (unpaired) electrons. The number of alkyl halides is 3. The molecular formula is C3Cl3F3. The van der Waals surface area contributed by atoms with E-state index in [9.17, 15) is 13.2 Å². The fourth-order valence-corrected chi connectivity index (χ4v) is 0.536. The van der Waals surface area contributed by atoms with Crippen LogP contribution in [0, 0.1) is 0 Å². The van der Waals surface area contributed by atoms with E-state index in [4.69, 9.17) is 0 Å². The van der Waals surface area contributed by atoms with Crippen molar-refractivity contribution in [2.75, 3.05) is 0 Å². The third-order valence-corrected chi connectivity index (χ3v) is 0.913. The van der Waals surface area contributed by atoms with Crippen LogP contribution >= 0.6 is 34.8 Å². The maximum absolute atomic E-state index is 11.8. The zero-order valence-corrected chi connectivity index (χ0v) is 6.04. The molecule has 0 fully saturated rings. The quantitative estimate of drug-likeness (QED) is 0.568. The molecule has 9 heavy (non-hydrogen) atoms. The minimum Gasteiger partial charge on any atom is -0.201 e. The molecule has 54 valence electrons. The van der Waals surface area contributed by atoms with Crippen molar-refractivity contribution in [3.8, 4) is 0 Å². The SMILES string of the molecule is FC(=C(Cl)Cl)C(F)(F)Cl. The first-order chi connectivity index (χ1) is 3.85. The van der Waals surface area contributed by atoms with Crippen LogP contribution in [-0.4, -0.2) is 5.38 Å². The maximum atomic E-state index is 11.8. The van der Waals surface area contributed by atoms with Crippen molar-refractivity contribution in [2.45, 2.75) is 5.38 Å². The minimum absolute atomic E-state index is 1.16. The summed E-state index contributed by atoms with van der Waals surface area (Å²) in [7, 11) is 0. The van der Waals surface area contributed by atoms with Crippen LogP contribution in [0.15, 0.2) is 10.3 Å². The van der Waals surface area contributed by atoms with Gasteiger partial charge in [-0.05, 0) is 11.6 Å². The standard InChI is InChI=1S/C3Cl3F3/c4-2(5)1(7)3(6,8)9. The molecule has 0 rings (SSSR count). The molecule has 0 aliphatic carbocycles. The van der Waals surface area contributed by atoms with Gasteiger partial charge in [-0.1, -0.05) is 23.2 Å². The summed E-state index contributed by atoms with van der Waals surface area (Å²) in [6, 6.07) is 0. The molecule has 6 heteroatoms. The predicted molar refractivity (Wildman–Crippen MR) is 30.6 cm³/mol. The first-order valence-electron chi connectivity index (χ1n) is 1.63. The number of hydrogen-bond donors (Lipinski definition) is 0. The Labute approximate surface area is 64.2 Å². The highest BCUT2D eigenvalue weighted by Crippen LogP contribution is 2.34. The summed E-state index contributed by atoms with van der Waals surface area (Å²) < 4.78 is 33.7. The van der Waals surface area contributed by atoms with Gasteiger partial charge < -0.3 is 0 Å². The number of hydrogen-bond acceptors (Lipinski definition) is 0. The van der Waals surface area contributed by atoms with Crippen molar-refractivity contribution < 1.29 is 13.2 Å². The summed E-state index contributed by atoms with van der Waals surface area (Å²) in [5.74, 6) is -2.03. The summed E-state index contributed by atoms with van der Waals surface area (Å²) in [5, 5.41) is -4.10. The average molecular weight is 199 g/mol. The van der Waals surface area contributed by atoms with Crippen LogP contribution in [0.1, 0.15) is 0 Å². The van der Waals surface area contributed by atoms with E-state index in [1.165, 1.54) is 0 Å². The molecule has 0 aromatic heterocycles. The highest BCUT2D eigenvalue weighted by Gasteiger charge is 2.34. The van der Waals surface area contributed by atoms with Gasteiger partial charge in [0.2, 0.25) is 5.83 Å². The second kappa shape index (κ2) is 2.99. The van der Waals surface area contributed by atoms with Gasteiger partial charge in [0.15, 0.2) is 0 Å². The van der Waals surface area contributed by atoms with E-state index in [1.807, 2.05) is 0 Å². The van der Waals surface area contributed by atoms with Crippen molar-refractivity contribution in [2.24, 2.45) is 0 Å². The van der Waals surface area contributed by atoms with Gasteiger partial charge in [0.1, 0.15) is 4.49 Å². The van der Waals surface area contributed by atoms with Crippen LogP contribution in [0.4, 0.5) is 13.2 Å². The molecular weight excluding hydrogens is 199 g/mol. The monoisotopic (exact) mass is 198 g/mol. The lowest BCUT2D eigenvalue weighted by Gasteiger charge is -2.02. The summed E-state index contributed by atoms with van der Waals surface area (Å²) in [4.78, 5) is 0. The Balaban J connectivity index is 4.40. The second-order valence-corrected chi connectivity index (χ2v) is 2.50. The first-order valence-corrected chi connectivity index (χ1v) is 2.77. The Hall–Kier alpha value is 0.400. The lowest BCUT2D eigenvalue weighted by Crippen LogP contribution is -2.06. The molecule has 0 unspecified atom stereocenters. The fraction of sp³-hybridized carbons (Fsp3) is 0.333. The van der Waals surface area contributed by atoms with Crippen molar-refractivity contribution >= 4 is 34.8 Å².